The van der Waals surface area contributed by atoms with Crippen molar-refractivity contribution in [3.05, 3.63) is 47.8 Å². The zero-order chi connectivity index (χ0) is 12.8. The number of para-hydroxylation sites is 1. The van der Waals surface area contributed by atoms with E-state index < -0.39 is 0 Å². The van der Waals surface area contributed by atoms with Crippen LogP contribution in [0, 0.1) is 6.92 Å². The molecule has 0 saturated carbocycles. The quantitative estimate of drug-likeness (QED) is 0.846. The van der Waals surface area contributed by atoms with Crippen molar-refractivity contribution >= 4 is 11.6 Å². The molecule has 0 spiro atoms. The van der Waals surface area contributed by atoms with Gasteiger partial charge in [-0.3, -0.25) is 0 Å². The molecule has 4 nitrogen and oxygen atoms in total. The monoisotopic (exact) mass is 242 g/mol. The molecule has 1 heterocycles. The van der Waals surface area contributed by atoms with Gasteiger partial charge in [0.1, 0.15) is 0 Å². The second-order valence-electron chi connectivity index (χ2n) is 4.08. The van der Waals surface area contributed by atoms with Crippen molar-refractivity contribution in [2.75, 3.05) is 11.9 Å². The lowest BCUT2D eigenvalue weighted by Crippen LogP contribution is -2.14. The average Bonchev–Trinajstić information content (AvgIpc) is 2.39. The van der Waals surface area contributed by atoms with Crippen molar-refractivity contribution < 1.29 is 0 Å². The fraction of sp³-hybridized carbons (Fsp3) is 0.286. The number of rotatable bonds is 5. The van der Waals surface area contributed by atoms with Gasteiger partial charge in [0.05, 0.1) is 0 Å². The standard InChI is InChI=1S/C14H18N4/c1-3-15-9-12-10-16-14(17-11(12)2)18-13-7-5-4-6-8-13/h4-8,10,15H,3,9H2,1-2H3,(H,16,17,18). The zero-order valence-corrected chi connectivity index (χ0v) is 10.8. The topological polar surface area (TPSA) is 49.8 Å². The van der Waals surface area contributed by atoms with Crippen LogP contribution in [0.2, 0.25) is 0 Å². The summed E-state index contributed by atoms with van der Waals surface area (Å²) in [6.07, 6.45) is 1.87. The lowest BCUT2D eigenvalue weighted by atomic mass is 10.2. The maximum absolute atomic E-state index is 4.46. The number of hydrogen-bond acceptors (Lipinski definition) is 4. The molecule has 4 heteroatoms. The highest BCUT2D eigenvalue weighted by Crippen LogP contribution is 2.13. The first kappa shape index (κ1) is 12.5. The van der Waals surface area contributed by atoms with Gasteiger partial charge in [-0.25, -0.2) is 9.97 Å². The highest BCUT2D eigenvalue weighted by molar-refractivity contribution is 5.52. The first-order chi connectivity index (χ1) is 8.79. The van der Waals surface area contributed by atoms with Gasteiger partial charge in [-0.1, -0.05) is 25.1 Å². The van der Waals surface area contributed by atoms with E-state index in [1.165, 1.54) is 0 Å². The minimum Gasteiger partial charge on any atom is -0.324 e. The lowest BCUT2D eigenvalue weighted by Gasteiger charge is -2.08. The van der Waals surface area contributed by atoms with Gasteiger partial charge in [-0.15, -0.1) is 0 Å². The number of benzene rings is 1. The van der Waals surface area contributed by atoms with Crippen LogP contribution in [-0.2, 0) is 6.54 Å². The molecule has 0 aliphatic heterocycles. The normalized spacial score (nSPS) is 10.3. The number of aromatic nitrogens is 2. The second-order valence-corrected chi connectivity index (χ2v) is 4.08. The van der Waals surface area contributed by atoms with Gasteiger partial charge in [0.15, 0.2) is 0 Å². The summed E-state index contributed by atoms with van der Waals surface area (Å²) in [5, 5.41) is 6.46. The Morgan fingerprint density at radius 1 is 1.17 bits per heavy atom. The van der Waals surface area contributed by atoms with Crippen LogP contribution in [0.4, 0.5) is 11.6 Å². The number of nitrogens with one attached hydrogen (secondary N) is 2. The van der Waals surface area contributed by atoms with E-state index in [-0.39, 0.29) is 0 Å². The second kappa shape index (κ2) is 6.12. The Balaban J connectivity index is 2.09. The zero-order valence-electron chi connectivity index (χ0n) is 10.8. The van der Waals surface area contributed by atoms with Crippen molar-refractivity contribution in [3.8, 4) is 0 Å². The van der Waals surface area contributed by atoms with Crippen LogP contribution >= 0.6 is 0 Å². The molecule has 0 fully saturated rings. The minimum atomic E-state index is 0.638. The third-order valence-electron chi connectivity index (χ3n) is 2.68. The predicted octanol–water partition coefficient (Wildman–Crippen LogP) is 2.64. The maximum Gasteiger partial charge on any atom is 0.227 e. The summed E-state index contributed by atoms with van der Waals surface area (Å²) in [5.41, 5.74) is 3.14. The first-order valence-electron chi connectivity index (χ1n) is 6.15. The molecule has 0 radical (unpaired) electrons. The smallest absolute Gasteiger partial charge is 0.227 e. The van der Waals surface area contributed by atoms with Crippen LogP contribution in [0.3, 0.4) is 0 Å². The van der Waals surface area contributed by atoms with Crippen molar-refractivity contribution in [3.63, 3.8) is 0 Å². The third kappa shape index (κ3) is 3.28. The summed E-state index contributed by atoms with van der Waals surface area (Å²) in [4.78, 5) is 8.78. The molecule has 1 aromatic heterocycles. The van der Waals surface area contributed by atoms with Crippen LogP contribution in [0.15, 0.2) is 36.5 Å². The molecular formula is C14H18N4. The van der Waals surface area contributed by atoms with Crippen molar-refractivity contribution in [2.45, 2.75) is 20.4 Å². The SMILES string of the molecule is CCNCc1cnc(Nc2ccccc2)nc1C. The van der Waals surface area contributed by atoms with E-state index in [1.54, 1.807) is 0 Å². The van der Waals surface area contributed by atoms with Crippen LogP contribution in [-0.4, -0.2) is 16.5 Å². The molecule has 2 rings (SSSR count). The number of anilines is 2. The van der Waals surface area contributed by atoms with Gasteiger partial charge in [0.2, 0.25) is 5.95 Å². The Morgan fingerprint density at radius 2 is 1.94 bits per heavy atom. The van der Waals surface area contributed by atoms with Gasteiger partial charge < -0.3 is 10.6 Å². The van der Waals surface area contributed by atoms with E-state index in [1.807, 2.05) is 43.5 Å². The summed E-state index contributed by atoms with van der Waals surface area (Å²) in [5.74, 6) is 0.638. The lowest BCUT2D eigenvalue weighted by molar-refractivity contribution is 0.716. The van der Waals surface area contributed by atoms with Crippen molar-refractivity contribution in [1.82, 2.24) is 15.3 Å². The van der Waals surface area contributed by atoms with E-state index in [0.717, 1.165) is 30.0 Å². The maximum atomic E-state index is 4.46. The van der Waals surface area contributed by atoms with Gasteiger partial charge in [0, 0.05) is 29.7 Å². The summed E-state index contributed by atoms with van der Waals surface area (Å²) in [6, 6.07) is 9.93. The molecule has 0 atom stereocenters. The van der Waals surface area contributed by atoms with E-state index in [0.29, 0.717) is 5.95 Å². The Morgan fingerprint density at radius 3 is 2.61 bits per heavy atom. The van der Waals surface area contributed by atoms with E-state index >= 15 is 0 Å². The van der Waals surface area contributed by atoms with Crippen LogP contribution in [0.25, 0.3) is 0 Å². The highest BCUT2D eigenvalue weighted by atomic mass is 15.1. The third-order valence-corrected chi connectivity index (χ3v) is 2.68. The van der Waals surface area contributed by atoms with Crippen LogP contribution < -0.4 is 10.6 Å². The summed E-state index contributed by atoms with van der Waals surface area (Å²) < 4.78 is 0. The molecular weight excluding hydrogens is 224 g/mol. The Labute approximate surface area is 107 Å². The number of nitrogens with zero attached hydrogens (tertiary/aromatic N) is 2. The molecule has 18 heavy (non-hydrogen) atoms. The molecule has 0 unspecified atom stereocenters. The average molecular weight is 242 g/mol. The molecule has 1 aromatic carbocycles. The number of hydrogen-bond donors (Lipinski definition) is 2. The minimum absolute atomic E-state index is 0.638. The van der Waals surface area contributed by atoms with Gasteiger partial charge >= 0.3 is 0 Å². The van der Waals surface area contributed by atoms with Crippen LogP contribution in [0.1, 0.15) is 18.2 Å². The fourth-order valence-electron chi connectivity index (χ4n) is 1.64. The Kier molecular flexibility index (Phi) is 4.25. The fourth-order valence-corrected chi connectivity index (χ4v) is 1.64. The first-order valence-corrected chi connectivity index (χ1v) is 6.15. The molecule has 0 bridgehead atoms. The Hall–Kier alpha value is -1.94. The van der Waals surface area contributed by atoms with Crippen molar-refractivity contribution in [1.29, 1.82) is 0 Å². The van der Waals surface area contributed by atoms with Gasteiger partial charge in [-0.2, -0.15) is 0 Å². The largest absolute Gasteiger partial charge is 0.324 e. The van der Waals surface area contributed by atoms with E-state index in [9.17, 15) is 0 Å². The van der Waals surface area contributed by atoms with Gasteiger partial charge in [0.25, 0.3) is 0 Å². The molecule has 94 valence electrons. The summed E-state index contributed by atoms with van der Waals surface area (Å²) >= 11 is 0. The molecule has 2 aromatic rings. The molecule has 0 saturated heterocycles. The van der Waals surface area contributed by atoms with Gasteiger partial charge in [-0.05, 0) is 25.6 Å². The van der Waals surface area contributed by atoms with Crippen molar-refractivity contribution in [2.24, 2.45) is 0 Å². The van der Waals surface area contributed by atoms with E-state index in [2.05, 4.69) is 27.5 Å². The molecule has 0 aliphatic rings. The van der Waals surface area contributed by atoms with E-state index in [4.69, 9.17) is 0 Å². The number of aryl methyl sites for hydroxylation is 1. The Bertz CT molecular complexity index is 496. The summed E-state index contributed by atoms with van der Waals surface area (Å²) in [6.45, 7) is 5.85. The molecule has 2 N–H and O–H groups in total. The molecule has 0 amide bonds. The summed E-state index contributed by atoms with van der Waals surface area (Å²) in [7, 11) is 0. The highest BCUT2D eigenvalue weighted by Gasteiger charge is 2.03. The van der Waals surface area contributed by atoms with Crippen LogP contribution in [0.5, 0.6) is 0 Å². The molecule has 0 aliphatic carbocycles. The predicted molar refractivity (Wildman–Crippen MR) is 73.9 cm³/mol.